The van der Waals surface area contributed by atoms with Crippen molar-refractivity contribution >= 4 is 45.3 Å². The lowest BCUT2D eigenvalue weighted by Gasteiger charge is -2.18. The van der Waals surface area contributed by atoms with E-state index in [9.17, 15) is 9.90 Å². The molecule has 3 rings (SSSR count). The molecule has 1 atom stereocenters. The Morgan fingerprint density at radius 2 is 2.20 bits per heavy atom. The van der Waals surface area contributed by atoms with Crippen LogP contribution in [0.4, 0.5) is 10.7 Å². The van der Waals surface area contributed by atoms with Crippen LogP contribution in [-0.4, -0.2) is 23.3 Å². The summed E-state index contributed by atoms with van der Waals surface area (Å²) in [6.07, 6.45) is 2.92. The van der Waals surface area contributed by atoms with Gasteiger partial charge in [0.1, 0.15) is 10.8 Å². The number of nitrogens with one attached hydrogen (secondary N) is 2. The lowest BCUT2D eigenvalue weighted by atomic mass is 9.88. The zero-order chi connectivity index (χ0) is 18.0. The first-order valence-electron chi connectivity index (χ1n) is 8.07. The van der Waals surface area contributed by atoms with Gasteiger partial charge in [0.05, 0.1) is 12.7 Å². The zero-order valence-electron chi connectivity index (χ0n) is 14.1. The second-order valence-electron chi connectivity index (χ2n) is 6.18. The summed E-state index contributed by atoms with van der Waals surface area (Å²) in [5, 5.41) is 16.8. The van der Waals surface area contributed by atoms with Gasteiger partial charge in [0.2, 0.25) is 0 Å². The Balaban J connectivity index is 1.84. The van der Waals surface area contributed by atoms with E-state index in [2.05, 4.69) is 17.6 Å². The van der Waals surface area contributed by atoms with E-state index in [-0.39, 0.29) is 11.7 Å². The van der Waals surface area contributed by atoms with Gasteiger partial charge in [-0.2, -0.15) is 0 Å². The molecule has 0 spiro atoms. The number of hydrogen-bond acceptors (Lipinski definition) is 5. The van der Waals surface area contributed by atoms with E-state index < -0.39 is 0 Å². The summed E-state index contributed by atoms with van der Waals surface area (Å²) in [5.74, 6) is 0.431. The average Bonchev–Trinajstić information content (AvgIpc) is 2.90. The maximum atomic E-state index is 12.3. The minimum Gasteiger partial charge on any atom is -0.508 e. The first-order valence-corrected chi connectivity index (χ1v) is 9.30. The standard InChI is InChI=1S/C18H20N2O3S2/c1-10-6-7-13-14(8-10)25-16(15(13)17(22)23-2)20-18(24)19-11-4-3-5-12(21)9-11/h3-5,9-10,21H,6-8H2,1-2H3,(H2,19,20,24). The van der Waals surface area contributed by atoms with Crippen LogP contribution in [0.2, 0.25) is 0 Å². The molecule has 0 radical (unpaired) electrons. The predicted molar refractivity (Wildman–Crippen MR) is 105 cm³/mol. The molecule has 0 saturated heterocycles. The van der Waals surface area contributed by atoms with Crippen molar-refractivity contribution in [1.82, 2.24) is 0 Å². The number of hydrogen-bond donors (Lipinski definition) is 3. The summed E-state index contributed by atoms with van der Waals surface area (Å²) in [6, 6.07) is 6.70. The molecule has 2 aromatic rings. The van der Waals surface area contributed by atoms with Gasteiger partial charge < -0.3 is 20.5 Å². The van der Waals surface area contributed by atoms with E-state index in [4.69, 9.17) is 17.0 Å². The number of thiocarbonyl (C=S) groups is 1. The van der Waals surface area contributed by atoms with Gasteiger partial charge >= 0.3 is 5.97 Å². The number of thiophene rings is 1. The van der Waals surface area contributed by atoms with Gasteiger partial charge in [-0.15, -0.1) is 11.3 Å². The molecule has 5 nitrogen and oxygen atoms in total. The van der Waals surface area contributed by atoms with E-state index in [1.165, 1.54) is 12.0 Å². The molecule has 1 aromatic heterocycles. The van der Waals surface area contributed by atoms with Crippen LogP contribution in [0.1, 0.15) is 34.1 Å². The van der Waals surface area contributed by atoms with Crippen LogP contribution in [0.25, 0.3) is 0 Å². The number of methoxy groups -OCH3 is 1. The van der Waals surface area contributed by atoms with Crippen LogP contribution in [0.15, 0.2) is 24.3 Å². The summed E-state index contributed by atoms with van der Waals surface area (Å²) < 4.78 is 4.97. The summed E-state index contributed by atoms with van der Waals surface area (Å²) in [6.45, 7) is 2.22. The van der Waals surface area contributed by atoms with E-state index in [0.717, 1.165) is 24.8 Å². The van der Waals surface area contributed by atoms with Gasteiger partial charge in [-0.25, -0.2) is 4.79 Å². The number of ether oxygens (including phenoxy) is 1. The third-order valence-corrected chi connectivity index (χ3v) is 5.61. The SMILES string of the molecule is COC(=O)c1c(NC(=S)Nc2cccc(O)c2)sc2c1CCC(C)C2. The minimum atomic E-state index is -0.338. The molecule has 1 aliphatic carbocycles. The van der Waals surface area contributed by atoms with Gasteiger partial charge in [-0.05, 0) is 55.1 Å². The van der Waals surface area contributed by atoms with Crippen LogP contribution >= 0.6 is 23.6 Å². The third kappa shape index (κ3) is 3.93. The molecule has 3 N–H and O–H groups in total. The van der Waals surface area contributed by atoms with Gasteiger partial charge in [0.15, 0.2) is 5.11 Å². The maximum Gasteiger partial charge on any atom is 0.341 e. The summed E-state index contributed by atoms with van der Waals surface area (Å²) >= 11 is 6.92. The molecule has 1 heterocycles. The second kappa shape index (κ2) is 7.41. The minimum absolute atomic E-state index is 0.156. The maximum absolute atomic E-state index is 12.3. The summed E-state index contributed by atoms with van der Waals surface area (Å²) in [7, 11) is 1.39. The molecular weight excluding hydrogens is 356 g/mol. The summed E-state index contributed by atoms with van der Waals surface area (Å²) in [4.78, 5) is 13.5. The number of aromatic hydroxyl groups is 1. The number of esters is 1. The first-order chi connectivity index (χ1) is 12.0. The van der Waals surface area contributed by atoms with Gasteiger partial charge in [-0.3, -0.25) is 0 Å². The zero-order valence-corrected chi connectivity index (χ0v) is 15.7. The van der Waals surface area contributed by atoms with Gasteiger partial charge in [-0.1, -0.05) is 13.0 Å². The van der Waals surface area contributed by atoms with Crippen LogP contribution in [0, 0.1) is 5.92 Å². The molecule has 0 aliphatic heterocycles. The Labute approximate surface area is 156 Å². The fraction of sp³-hybridized carbons (Fsp3) is 0.333. The quantitative estimate of drug-likeness (QED) is 0.552. The molecule has 25 heavy (non-hydrogen) atoms. The van der Waals surface area contributed by atoms with Crippen molar-refractivity contribution in [2.24, 2.45) is 5.92 Å². The van der Waals surface area contributed by atoms with Crippen LogP contribution in [0.5, 0.6) is 5.75 Å². The van der Waals surface area contributed by atoms with Gasteiger partial charge in [0.25, 0.3) is 0 Å². The molecular formula is C18H20N2O3S2. The number of carbonyl (C=O) groups excluding carboxylic acids is 1. The lowest BCUT2D eigenvalue weighted by Crippen LogP contribution is -2.20. The number of benzene rings is 1. The van der Waals surface area contributed by atoms with E-state index in [1.807, 2.05) is 0 Å². The Bertz CT molecular complexity index is 817. The molecule has 132 valence electrons. The topological polar surface area (TPSA) is 70.6 Å². The summed E-state index contributed by atoms with van der Waals surface area (Å²) in [5.41, 5.74) is 2.35. The molecule has 0 bridgehead atoms. The highest BCUT2D eigenvalue weighted by Gasteiger charge is 2.28. The molecule has 0 saturated carbocycles. The van der Waals surface area contributed by atoms with E-state index in [0.29, 0.717) is 27.3 Å². The molecule has 1 aliphatic rings. The molecule has 7 heteroatoms. The highest BCUT2D eigenvalue weighted by molar-refractivity contribution is 7.80. The largest absolute Gasteiger partial charge is 0.508 e. The first kappa shape index (κ1) is 17.7. The number of rotatable bonds is 3. The van der Waals surface area contributed by atoms with Gasteiger partial charge in [0, 0.05) is 16.6 Å². The highest BCUT2D eigenvalue weighted by atomic mass is 32.1. The predicted octanol–water partition coefficient (Wildman–Crippen LogP) is 4.17. The van der Waals surface area contributed by atoms with Crippen molar-refractivity contribution < 1.29 is 14.6 Å². The molecule has 0 amide bonds. The molecule has 0 fully saturated rings. The Hall–Kier alpha value is -2.12. The van der Waals surface area contributed by atoms with Crippen molar-refractivity contribution in [3.8, 4) is 5.75 Å². The fourth-order valence-electron chi connectivity index (χ4n) is 3.01. The average molecular weight is 377 g/mol. The van der Waals surface area contributed by atoms with Crippen molar-refractivity contribution in [2.45, 2.75) is 26.2 Å². The monoisotopic (exact) mass is 376 g/mol. The second-order valence-corrected chi connectivity index (χ2v) is 7.69. The number of fused-ring (bicyclic) bond motifs is 1. The van der Waals surface area contributed by atoms with Crippen LogP contribution < -0.4 is 10.6 Å². The van der Waals surface area contributed by atoms with Crippen LogP contribution in [-0.2, 0) is 17.6 Å². The smallest absolute Gasteiger partial charge is 0.341 e. The lowest BCUT2D eigenvalue weighted by molar-refractivity contribution is 0.0601. The van der Waals surface area contributed by atoms with Crippen LogP contribution in [0.3, 0.4) is 0 Å². The number of phenols is 1. The van der Waals surface area contributed by atoms with E-state index >= 15 is 0 Å². The molecule has 1 unspecified atom stereocenters. The normalized spacial score (nSPS) is 16.0. The number of anilines is 2. The third-order valence-electron chi connectivity index (χ3n) is 4.23. The molecule has 1 aromatic carbocycles. The van der Waals surface area contributed by atoms with Crippen molar-refractivity contribution in [2.75, 3.05) is 17.7 Å². The Morgan fingerprint density at radius 3 is 2.92 bits per heavy atom. The van der Waals surface area contributed by atoms with Crippen molar-refractivity contribution in [1.29, 1.82) is 0 Å². The van der Waals surface area contributed by atoms with Crippen molar-refractivity contribution in [3.63, 3.8) is 0 Å². The number of carbonyl (C=O) groups is 1. The van der Waals surface area contributed by atoms with Crippen molar-refractivity contribution in [3.05, 3.63) is 40.3 Å². The number of phenolic OH excluding ortho intramolecular Hbond substituents is 1. The van der Waals surface area contributed by atoms with E-state index in [1.54, 1.807) is 35.6 Å². The Morgan fingerprint density at radius 1 is 1.40 bits per heavy atom. The fourth-order valence-corrected chi connectivity index (χ4v) is 4.69. The Kier molecular flexibility index (Phi) is 5.24. The highest BCUT2D eigenvalue weighted by Crippen LogP contribution is 2.40.